The SMILES string of the molecule is COc1cc(/C=C/C(=O)c2ccc(Br)cc2)ccc1OC(=O)N1CCOCC1. The fraction of sp³-hybridized carbons (Fsp3) is 0.238. The molecule has 1 aliphatic heterocycles. The minimum absolute atomic E-state index is 0.103. The van der Waals surface area contributed by atoms with E-state index in [2.05, 4.69) is 15.9 Å². The number of benzene rings is 2. The highest BCUT2D eigenvalue weighted by Crippen LogP contribution is 2.29. The van der Waals surface area contributed by atoms with Gasteiger partial charge in [-0.1, -0.05) is 28.1 Å². The third-order valence-corrected chi connectivity index (χ3v) is 4.74. The number of hydrogen-bond acceptors (Lipinski definition) is 5. The molecule has 146 valence electrons. The lowest BCUT2D eigenvalue weighted by Crippen LogP contribution is -2.42. The van der Waals surface area contributed by atoms with Gasteiger partial charge in [0.25, 0.3) is 0 Å². The molecule has 1 heterocycles. The number of ketones is 1. The summed E-state index contributed by atoms with van der Waals surface area (Å²) in [4.78, 5) is 26.1. The van der Waals surface area contributed by atoms with Crippen LogP contribution in [0.5, 0.6) is 11.5 Å². The Kier molecular flexibility index (Phi) is 6.84. The molecule has 0 saturated carbocycles. The van der Waals surface area contributed by atoms with Crippen molar-refractivity contribution < 1.29 is 23.8 Å². The number of methoxy groups -OCH3 is 1. The minimum atomic E-state index is -0.435. The van der Waals surface area contributed by atoms with Gasteiger partial charge in [0.05, 0.1) is 20.3 Å². The molecule has 0 aromatic heterocycles. The second-order valence-electron chi connectivity index (χ2n) is 6.08. The van der Waals surface area contributed by atoms with E-state index < -0.39 is 6.09 Å². The lowest BCUT2D eigenvalue weighted by molar-refractivity contribution is 0.0413. The molecule has 2 aromatic rings. The van der Waals surface area contributed by atoms with Crippen LogP contribution in [0.1, 0.15) is 15.9 Å². The number of ether oxygens (including phenoxy) is 3. The molecule has 0 spiro atoms. The molecule has 1 fully saturated rings. The Morgan fingerprint density at radius 1 is 1.07 bits per heavy atom. The lowest BCUT2D eigenvalue weighted by atomic mass is 10.1. The molecule has 7 heteroatoms. The van der Waals surface area contributed by atoms with Crippen LogP contribution in [-0.4, -0.2) is 50.2 Å². The molecular weight excluding hydrogens is 426 g/mol. The van der Waals surface area contributed by atoms with E-state index in [4.69, 9.17) is 14.2 Å². The first-order chi connectivity index (χ1) is 13.6. The van der Waals surface area contributed by atoms with Crippen LogP contribution in [0.3, 0.4) is 0 Å². The molecule has 2 aromatic carbocycles. The summed E-state index contributed by atoms with van der Waals surface area (Å²) >= 11 is 3.35. The zero-order valence-corrected chi connectivity index (χ0v) is 17.0. The lowest BCUT2D eigenvalue weighted by Gasteiger charge is -2.26. The standard InChI is InChI=1S/C21H20BrNO5/c1-26-20-14-15(2-8-18(24)16-4-6-17(22)7-5-16)3-9-19(20)28-21(25)23-10-12-27-13-11-23/h2-9,14H,10-13H2,1H3/b8-2+. The molecule has 0 radical (unpaired) electrons. The normalized spacial score (nSPS) is 14.1. The first-order valence-electron chi connectivity index (χ1n) is 8.77. The summed E-state index contributed by atoms with van der Waals surface area (Å²) in [7, 11) is 1.50. The van der Waals surface area contributed by atoms with Crippen LogP contribution in [-0.2, 0) is 4.74 Å². The van der Waals surface area contributed by atoms with Gasteiger partial charge in [0.1, 0.15) is 0 Å². The smallest absolute Gasteiger partial charge is 0.415 e. The summed E-state index contributed by atoms with van der Waals surface area (Å²) in [6, 6.07) is 12.3. The van der Waals surface area contributed by atoms with E-state index in [-0.39, 0.29) is 5.78 Å². The van der Waals surface area contributed by atoms with E-state index in [0.717, 1.165) is 10.0 Å². The zero-order valence-electron chi connectivity index (χ0n) is 15.4. The Hall–Kier alpha value is -2.64. The van der Waals surface area contributed by atoms with E-state index in [0.29, 0.717) is 43.4 Å². The van der Waals surface area contributed by atoms with Gasteiger partial charge in [0, 0.05) is 23.1 Å². The maximum atomic E-state index is 12.3. The summed E-state index contributed by atoms with van der Waals surface area (Å²) in [6.45, 7) is 2.00. The highest BCUT2D eigenvalue weighted by atomic mass is 79.9. The fourth-order valence-corrected chi connectivity index (χ4v) is 2.92. The van der Waals surface area contributed by atoms with Gasteiger partial charge in [-0.3, -0.25) is 4.79 Å². The molecular formula is C21H20BrNO5. The first kappa shape index (κ1) is 20.1. The van der Waals surface area contributed by atoms with Crippen LogP contribution in [0, 0.1) is 0 Å². The van der Waals surface area contributed by atoms with E-state index in [1.54, 1.807) is 41.3 Å². The fourth-order valence-electron chi connectivity index (χ4n) is 2.66. The van der Waals surface area contributed by atoms with E-state index in [1.165, 1.54) is 13.2 Å². The van der Waals surface area contributed by atoms with Gasteiger partial charge >= 0.3 is 6.09 Å². The summed E-state index contributed by atoms with van der Waals surface area (Å²) in [5.74, 6) is 0.643. The van der Waals surface area contributed by atoms with Gasteiger partial charge in [0.15, 0.2) is 17.3 Å². The molecule has 0 unspecified atom stereocenters. The molecule has 1 saturated heterocycles. The summed E-state index contributed by atoms with van der Waals surface area (Å²) in [6.07, 6.45) is 2.76. The van der Waals surface area contributed by atoms with Crippen molar-refractivity contribution in [3.63, 3.8) is 0 Å². The molecule has 28 heavy (non-hydrogen) atoms. The highest BCUT2D eigenvalue weighted by Gasteiger charge is 2.20. The van der Waals surface area contributed by atoms with Gasteiger partial charge in [-0.25, -0.2) is 4.79 Å². The summed E-state index contributed by atoms with van der Waals surface area (Å²) in [5.41, 5.74) is 1.36. The van der Waals surface area contributed by atoms with Crippen molar-refractivity contribution in [2.45, 2.75) is 0 Å². The second kappa shape index (κ2) is 9.52. The summed E-state index contributed by atoms with van der Waals surface area (Å²) < 4.78 is 16.9. The van der Waals surface area contributed by atoms with Gasteiger partial charge in [-0.15, -0.1) is 0 Å². The topological polar surface area (TPSA) is 65.1 Å². The van der Waals surface area contributed by atoms with Crippen LogP contribution in [0.2, 0.25) is 0 Å². The third-order valence-electron chi connectivity index (χ3n) is 4.21. The van der Waals surface area contributed by atoms with E-state index in [1.807, 2.05) is 12.1 Å². The largest absolute Gasteiger partial charge is 0.493 e. The van der Waals surface area contributed by atoms with Gasteiger partial charge in [-0.05, 0) is 48.0 Å². The molecule has 0 bridgehead atoms. The molecule has 0 aliphatic carbocycles. The minimum Gasteiger partial charge on any atom is -0.493 e. The van der Waals surface area contributed by atoms with Crippen LogP contribution >= 0.6 is 15.9 Å². The van der Waals surface area contributed by atoms with Crippen LogP contribution in [0.25, 0.3) is 6.08 Å². The molecule has 3 rings (SSSR count). The number of carbonyl (C=O) groups is 2. The number of allylic oxidation sites excluding steroid dienone is 1. The van der Waals surface area contributed by atoms with Crippen molar-refractivity contribution in [2.24, 2.45) is 0 Å². The molecule has 0 N–H and O–H groups in total. The number of carbonyl (C=O) groups excluding carboxylic acids is 2. The molecule has 1 aliphatic rings. The Morgan fingerprint density at radius 3 is 2.46 bits per heavy atom. The first-order valence-corrected chi connectivity index (χ1v) is 9.56. The number of morpholine rings is 1. The number of nitrogens with zero attached hydrogens (tertiary/aromatic N) is 1. The Labute approximate surface area is 171 Å². The van der Waals surface area contributed by atoms with Gasteiger partial charge in [0.2, 0.25) is 0 Å². The number of hydrogen-bond donors (Lipinski definition) is 0. The van der Waals surface area contributed by atoms with Crippen LogP contribution < -0.4 is 9.47 Å². The average Bonchev–Trinajstić information content (AvgIpc) is 2.73. The monoisotopic (exact) mass is 445 g/mol. The summed E-state index contributed by atoms with van der Waals surface area (Å²) in [5, 5.41) is 0. The van der Waals surface area contributed by atoms with E-state index >= 15 is 0 Å². The quantitative estimate of drug-likeness (QED) is 0.509. The highest BCUT2D eigenvalue weighted by molar-refractivity contribution is 9.10. The van der Waals surface area contributed by atoms with Gasteiger partial charge < -0.3 is 19.1 Å². The zero-order chi connectivity index (χ0) is 19.9. The molecule has 1 amide bonds. The number of amides is 1. The van der Waals surface area contributed by atoms with Crippen molar-refractivity contribution in [2.75, 3.05) is 33.4 Å². The van der Waals surface area contributed by atoms with E-state index in [9.17, 15) is 9.59 Å². The van der Waals surface area contributed by atoms with Crippen molar-refractivity contribution in [1.82, 2.24) is 4.90 Å². The number of rotatable bonds is 5. The Bertz CT molecular complexity index is 873. The maximum Gasteiger partial charge on any atom is 0.415 e. The average molecular weight is 446 g/mol. The predicted octanol–water partition coefficient (Wildman–Crippen LogP) is 4.18. The molecule has 6 nitrogen and oxygen atoms in total. The van der Waals surface area contributed by atoms with Crippen LogP contribution in [0.4, 0.5) is 4.79 Å². The van der Waals surface area contributed by atoms with Gasteiger partial charge in [-0.2, -0.15) is 0 Å². The van der Waals surface area contributed by atoms with Crippen LogP contribution in [0.15, 0.2) is 53.0 Å². The van der Waals surface area contributed by atoms with Crippen molar-refractivity contribution in [3.8, 4) is 11.5 Å². The molecule has 0 atom stereocenters. The Morgan fingerprint density at radius 2 is 1.79 bits per heavy atom. The Balaban J connectivity index is 1.69. The third kappa shape index (κ3) is 5.21. The van der Waals surface area contributed by atoms with Crippen molar-refractivity contribution >= 4 is 33.9 Å². The van der Waals surface area contributed by atoms with Crippen molar-refractivity contribution in [1.29, 1.82) is 0 Å². The number of halogens is 1. The second-order valence-corrected chi connectivity index (χ2v) is 7.00. The predicted molar refractivity (Wildman–Crippen MR) is 109 cm³/mol. The van der Waals surface area contributed by atoms with Crippen molar-refractivity contribution in [3.05, 3.63) is 64.1 Å². The maximum absolute atomic E-state index is 12.3.